The Morgan fingerprint density at radius 1 is 1.20 bits per heavy atom. The molecule has 0 saturated heterocycles. The molecule has 1 unspecified atom stereocenters. The normalized spacial score (nSPS) is 19.6. The molecule has 1 aliphatic rings. The van der Waals surface area contributed by atoms with E-state index in [1.165, 1.54) is 24.8 Å². The van der Waals surface area contributed by atoms with Gasteiger partial charge in [0.25, 0.3) is 0 Å². The fourth-order valence-electron chi connectivity index (χ4n) is 3.39. The quantitative estimate of drug-likeness (QED) is 0.860. The summed E-state index contributed by atoms with van der Waals surface area (Å²) in [5.74, 6) is 0.910. The van der Waals surface area contributed by atoms with Gasteiger partial charge in [-0.05, 0) is 37.1 Å². The maximum atomic E-state index is 6.02. The first-order chi connectivity index (χ1) is 9.75. The van der Waals surface area contributed by atoms with Crippen LogP contribution >= 0.6 is 0 Å². The molecule has 0 radical (unpaired) electrons. The molecular formula is C17H27NO2. The Morgan fingerprint density at radius 3 is 2.55 bits per heavy atom. The average molecular weight is 277 g/mol. The van der Waals surface area contributed by atoms with Gasteiger partial charge in [-0.3, -0.25) is 0 Å². The predicted octanol–water partition coefficient (Wildman–Crippen LogP) is 3.70. The zero-order chi connectivity index (χ0) is 14.4. The molecule has 2 rings (SSSR count). The minimum Gasteiger partial charge on any atom is -0.497 e. The molecule has 3 heteroatoms. The van der Waals surface area contributed by atoms with Crippen LogP contribution in [0.25, 0.3) is 0 Å². The molecule has 0 amide bonds. The van der Waals surface area contributed by atoms with E-state index < -0.39 is 0 Å². The lowest BCUT2D eigenvalue weighted by atomic mass is 9.76. The Morgan fingerprint density at radius 2 is 1.95 bits per heavy atom. The topological polar surface area (TPSA) is 30.5 Å². The highest BCUT2D eigenvalue weighted by molar-refractivity contribution is 5.32. The summed E-state index contributed by atoms with van der Waals surface area (Å²) in [6.45, 7) is 3.09. The first kappa shape index (κ1) is 15.3. The largest absolute Gasteiger partial charge is 0.497 e. The SMILES string of the molecule is CCNC(c1cccc(OC)c1)C1(OC)CCCCC1. The smallest absolute Gasteiger partial charge is 0.119 e. The maximum absolute atomic E-state index is 6.02. The summed E-state index contributed by atoms with van der Waals surface area (Å²) < 4.78 is 11.4. The zero-order valence-electron chi connectivity index (χ0n) is 12.9. The number of ether oxygens (including phenoxy) is 2. The van der Waals surface area contributed by atoms with E-state index in [1.54, 1.807) is 7.11 Å². The second-order valence-corrected chi connectivity index (χ2v) is 5.60. The molecule has 3 nitrogen and oxygen atoms in total. The van der Waals surface area contributed by atoms with Gasteiger partial charge in [-0.1, -0.05) is 38.3 Å². The number of nitrogens with one attached hydrogen (secondary N) is 1. The predicted molar refractivity (Wildman–Crippen MR) is 82.2 cm³/mol. The first-order valence-electron chi connectivity index (χ1n) is 7.68. The van der Waals surface area contributed by atoms with E-state index in [1.807, 2.05) is 13.2 Å². The molecule has 1 atom stereocenters. The van der Waals surface area contributed by atoms with Crippen molar-refractivity contribution in [1.29, 1.82) is 0 Å². The van der Waals surface area contributed by atoms with Crippen molar-refractivity contribution in [1.82, 2.24) is 5.32 Å². The lowest BCUT2D eigenvalue weighted by molar-refractivity contribution is -0.0684. The number of methoxy groups -OCH3 is 2. The fraction of sp³-hybridized carbons (Fsp3) is 0.647. The monoisotopic (exact) mass is 277 g/mol. The lowest BCUT2D eigenvalue weighted by Crippen LogP contribution is -2.47. The van der Waals surface area contributed by atoms with Gasteiger partial charge in [0, 0.05) is 7.11 Å². The van der Waals surface area contributed by atoms with Gasteiger partial charge in [-0.15, -0.1) is 0 Å². The molecule has 1 aromatic carbocycles. The van der Waals surface area contributed by atoms with Gasteiger partial charge in [-0.25, -0.2) is 0 Å². The number of hydrogen-bond donors (Lipinski definition) is 1. The van der Waals surface area contributed by atoms with Crippen LogP contribution in [0.4, 0.5) is 0 Å². The van der Waals surface area contributed by atoms with Gasteiger partial charge in [0.2, 0.25) is 0 Å². The van der Waals surface area contributed by atoms with E-state index in [-0.39, 0.29) is 11.6 Å². The molecule has 0 bridgehead atoms. The van der Waals surface area contributed by atoms with E-state index >= 15 is 0 Å². The minimum atomic E-state index is -0.0827. The molecule has 112 valence electrons. The van der Waals surface area contributed by atoms with Crippen LogP contribution in [0.15, 0.2) is 24.3 Å². The van der Waals surface area contributed by atoms with E-state index in [2.05, 4.69) is 30.4 Å². The first-order valence-corrected chi connectivity index (χ1v) is 7.68. The summed E-state index contributed by atoms with van der Waals surface area (Å²) in [5, 5.41) is 3.63. The van der Waals surface area contributed by atoms with Crippen LogP contribution in [0, 0.1) is 0 Å². The van der Waals surface area contributed by atoms with Crippen molar-refractivity contribution in [3.63, 3.8) is 0 Å². The minimum absolute atomic E-state index is 0.0827. The lowest BCUT2D eigenvalue weighted by Gasteiger charge is -2.43. The van der Waals surface area contributed by atoms with Crippen molar-refractivity contribution in [2.45, 2.75) is 50.7 Å². The van der Waals surface area contributed by atoms with Crippen LogP contribution in [0.1, 0.15) is 50.6 Å². The standard InChI is InChI=1S/C17H27NO2/c1-4-18-16(14-9-8-10-15(13-14)19-2)17(20-3)11-6-5-7-12-17/h8-10,13,16,18H,4-7,11-12H2,1-3H3. The third kappa shape index (κ3) is 3.15. The average Bonchev–Trinajstić information content (AvgIpc) is 2.53. The second-order valence-electron chi connectivity index (χ2n) is 5.60. The summed E-state index contributed by atoms with van der Waals surface area (Å²) in [5.41, 5.74) is 1.18. The third-order valence-electron chi connectivity index (χ3n) is 4.47. The van der Waals surface area contributed by atoms with Gasteiger partial charge in [0.15, 0.2) is 0 Å². The van der Waals surface area contributed by atoms with Crippen LogP contribution in [-0.2, 0) is 4.74 Å². The van der Waals surface area contributed by atoms with Gasteiger partial charge >= 0.3 is 0 Å². The summed E-state index contributed by atoms with van der Waals surface area (Å²) in [4.78, 5) is 0. The van der Waals surface area contributed by atoms with Gasteiger partial charge < -0.3 is 14.8 Å². The highest BCUT2D eigenvalue weighted by Gasteiger charge is 2.40. The summed E-state index contributed by atoms with van der Waals surface area (Å²) >= 11 is 0. The Hall–Kier alpha value is -1.06. The van der Waals surface area contributed by atoms with Crippen LogP contribution in [-0.4, -0.2) is 26.4 Å². The summed E-state index contributed by atoms with van der Waals surface area (Å²) in [6.07, 6.45) is 6.07. The number of benzene rings is 1. The molecule has 1 aromatic rings. The second kappa shape index (κ2) is 7.09. The summed E-state index contributed by atoms with van der Waals surface area (Å²) in [6, 6.07) is 8.58. The Bertz CT molecular complexity index is 413. The van der Waals surface area contributed by atoms with Gasteiger partial charge in [0.05, 0.1) is 18.8 Å². The van der Waals surface area contributed by atoms with Gasteiger partial charge in [0.1, 0.15) is 5.75 Å². The molecular weight excluding hydrogens is 250 g/mol. The van der Waals surface area contributed by atoms with Crippen LogP contribution < -0.4 is 10.1 Å². The molecule has 1 aliphatic carbocycles. The molecule has 0 aliphatic heterocycles. The Balaban J connectivity index is 2.32. The highest BCUT2D eigenvalue weighted by Crippen LogP contribution is 2.41. The van der Waals surface area contributed by atoms with E-state index in [0.29, 0.717) is 0 Å². The molecule has 1 fully saturated rings. The number of likely N-dealkylation sites (N-methyl/N-ethyl adjacent to an activating group) is 1. The van der Waals surface area contributed by atoms with E-state index in [0.717, 1.165) is 25.1 Å². The third-order valence-corrected chi connectivity index (χ3v) is 4.47. The van der Waals surface area contributed by atoms with Crippen molar-refractivity contribution in [3.8, 4) is 5.75 Å². The number of rotatable bonds is 6. The van der Waals surface area contributed by atoms with E-state index in [4.69, 9.17) is 9.47 Å². The van der Waals surface area contributed by atoms with Crippen LogP contribution in [0.3, 0.4) is 0 Å². The van der Waals surface area contributed by atoms with Crippen LogP contribution in [0.5, 0.6) is 5.75 Å². The van der Waals surface area contributed by atoms with E-state index in [9.17, 15) is 0 Å². The fourth-order valence-corrected chi connectivity index (χ4v) is 3.39. The highest BCUT2D eigenvalue weighted by atomic mass is 16.5. The van der Waals surface area contributed by atoms with Crippen molar-refractivity contribution in [2.24, 2.45) is 0 Å². The molecule has 20 heavy (non-hydrogen) atoms. The zero-order valence-corrected chi connectivity index (χ0v) is 12.9. The van der Waals surface area contributed by atoms with Crippen molar-refractivity contribution in [3.05, 3.63) is 29.8 Å². The van der Waals surface area contributed by atoms with Crippen molar-refractivity contribution in [2.75, 3.05) is 20.8 Å². The van der Waals surface area contributed by atoms with Crippen molar-refractivity contribution >= 4 is 0 Å². The number of hydrogen-bond acceptors (Lipinski definition) is 3. The molecule has 0 heterocycles. The molecule has 0 spiro atoms. The van der Waals surface area contributed by atoms with Crippen LogP contribution in [0.2, 0.25) is 0 Å². The maximum Gasteiger partial charge on any atom is 0.119 e. The Kier molecular flexibility index (Phi) is 5.44. The summed E-state index contributed by atoms with van der Waals surface area (Å²) in [7, 11) is 3.57. The Labute approximate surface area is 122 Å². The van der Waals surface area contributed by atoms with Gasteiger partial charge in [-0.2, -0.15) is 0 Å². The molecule has 1 saturated carbocycles. The molecule has 0 aromatic heterocycles. The molecule has 1 N–H and O–H groups in total. The van der Waals surface area contributed by atoms with Crippen molar-refractivity contribution < 1.29 is 9.47 Å².